The Hall–Kier alpha value is -2.24. The summed E-state index contributed by atoms with van der Waals surface area (Å²) in [5, 5.41) is 3.31. The maximum Gasteiger partial charge on any atom is 0.397 e. The van der Waals surface area contributed by atoms with Crippen LogP contribution >= 0.6 is 0 Å². The molecule has 4 rings (SSSR count). The average Bonchev–Trinajstić information content (AvgIpc) is 3.06. The first-order chi connectivity index (χ1) is 11.9. The van der Waals surface area contributed by atoms with E-state index in [2.05, 4.69) is 24.5 Å². The van der Waals surface area contributed by atoms with Crippen molar-refractivity contribution in [3.63, 3.8) is 0 Å². The van der Waals surface area contributed by atoms with Gasteiger partial charge in [-0.15, -0.1) is 0 Å². The molecule has 11 heteroatoms. The van der Waals surface area contributed by atoms with Crippen LogP contribution in [-0.2, 0) is 14.6 Å². The Morgan fingerprint density at radius 3 is 2.88 bits per heavy atom. The molecular weight excluding hydrogens is 348 g/mol. The zero-order valence-electron chi connectivity index (χ0n) is 13.2. The van der Waals surface area contributed by atoms with Crippen LogP contribution in [0.15, 0.2) is 18.5 Å². The fourth-order valence-electron chi connectivity index (χ4n) is 2.95. The van der Waals surface area contributed by atoms with Gasteiger partial charge in [-0.3, -0.25) is 4.55 Å². The van der Waals surface area contributed by atoms with Crippen molar-refractivity contribution in [2.45, 2.75) is 31.3 Å². The quantitative estimate of drug-likeness (QED) is 0.501. The number of nitrogen functional groups attached to an aromatic ring is 1. The fraction of sp³-hybridized carbons (Fsp3) is 0.500. The topological polar surface area (TPSA) is 145 Å². The molecule has 0 spiro atoms. The molecule has 0 aromatic carbocycles. The SMILES string of the molecule is Nc1nc(NC2CC2)c2ncn([C@@H]3C=C[C@H](COS(=O)(=O)O)C3)c2n1. The Labute approximate surface area is 144 Å². The molecule has 0 saturated heterocycles. The van der Waals surface area contributed by atoms with Crippen molar-refractivity contribution in [1.29, 1.82) is 0 Å². The van der Waals surface area contributed by atoms with Crippen molar-refractivity contribution in [3.05, 3.63) is 18.5 Å². The van der Waals surface area contributed by atoms with Crippen molar-refractivity contribution in [1.82, 2.24) is 19.5 Å². The van der Waals surface area contributed by atoms with Crippen LogP contribution in [-0.4, -0.2) is 45.1 Å². The molecule has 0 amide bonds. The number of nitrogens with two attached hydrogens (primary N) is 1. The van der Waals surface area contributed by atoms with Gasteiger partial charge in [-0.25, -0.2) is 9.17 Å². The molecule has 10 nitrogen and oxygen atoms in total. The van der Waals surface area contributed by atoms with E-state index < -0.39 is 10.4 Å². The van der Waals surface area contributed by atoms with E-state index in [0.29, 0.717) is 29.4 Å². The van der Waals surface area contributed by atoms with Crippen LogP contribution in [0.2, 0.25) is 0 Å². The lowest BCUT2D eigenvalue weighted by atomic mass is 10.1. The summed E-state index contributed by atoms with van der Waals surface area (Å²) in [7, 11) is -4.43. The minimum atomic E-state index is -4.43. The Morgan fingerprint density at radius 2 is 2.16 bits per heavy atom. The number of fused-ring (bicyclic) bond motifs is 1. The molecule has 25 heavy (non-hydrogen) atoms. The van der Waals surface area contributed by atoms with E-state index in [4.69, 9.17) is 10.3 Å². The summed E-state index contributed by atoms with van der Waals surface area (Å²) >= 11 is 0. The minimum absolute atomic E-state index is 0.0527. The second kappa shape index (κ2) is 5.93. The number of imidazole rings is 1. The van der Waals surface area contributed by atoms with Gasteiger partial charge >= 0.3 is 10.4 Å². The van der Waals surface area contributed by atoms with E-state index in [1.165, 1.54) is 0 Å². The van der Waals surface area contributed by atoms with E-state index in [1.54, 1.807) is 6.33 Å². The van der Waals surface area contributed by atoms with Crippen LogP contribution in [0.5, 0.6) is 0 Å². The number of allylic oxidation sites excluding steroid dienone is 1. The van der Waals surface area contributed by atoms with Gasteiger partial charge in [0, 0.05) is 12.0 Å². The van der Waals surface area contributed by atoms with Gasteiger partial charge in [0.1, 0.15) is 0 Å². The number of nitrogens with zero attached hydrogens (tertiary/aromatic N) is 4. The summed E-state index contributed by atoms with van der Waals surface area (Å²) in [6, 6.07) is 0.360. The first-order valence-electron chi connectivity index (χ1n) is 7.96. The van der Waals surface area contributed by atoms with Gasteiger partial charge in [-0.2, -0.15) is 18.4 Å². The molecule has 134 valence electrons. The standard InChI is InChI=1S/C14H18N6O4S/c15-14-18-12(17-9-2-3-9)11-13(19-14)20(7-16-11)10-4-1-8(5-10)6-24-25(21,22)23/h1,4,7-10H,2-3,5-6H2,(H,21,22,23)(H3,15,17,18,19)/t8-,10+/m0/s1. The molecule has 0 radical (unpaired) electrons. The molecule has 1 fully saturated rings. The Kier molecular flexibility index (Phi) is 3.85. The number of nitrogens with one attached hydrogen (secondary N) is 1. The number of rotatable bonds is 6. The van der Waals surface area contributed by atoms with Crippen LogP contribution in [0.25, 0.3) is 11.2 Å². The van der Waals surface area contributed by atoms with Gasteiger partial charge in [0.05, 0.1) is 19.0 Å². The summed E-state index contributed by atoms with van der Waals surface area (Å²) < 4.78 is 36.4. The third-order valence-corrected chi connectivity index (χ3v) is 4.73. The molecule has 2 atom stereocenters. The summed E-state index contributed by atoms with van der Waals surface area (Å²) in [6.07, 6.45) is 8.29. The van der Waals surface area contributed by atoms with Crippen LogP contribution in [0.1, 0.15) is 25.3 Å². The second-order valence-electron chi connectivity index (χ2n) is 6.33. The van der Waals surface area contributed by atoms with Crippen molar-refractivity contribution in [2.24, 2.45) is 5.92 Å². The van der Waals surface area contributed by atoms with E-state index in [0.717, 1.165) is 12.8 Å². The maximum atomic E-state index is 10.7. The summed E-state index contributed by atoms with van der Waals surface area (Å²) in [4.78, 5) is 13.0. The summed E-state index contributed by atoms with van der Waals surface area (Å²) in [5.41, 5.74) is 7.12. The highest BCUT2D eigenvalue weighted by molar-refractivity contribution is 7.80. The first-order valence-corrected chi connectivity index (χ1v) is 9.32. The van der Waals surface area contributed by atoms with Crippen LogP contribution < -0.4 is 11.1 Å². The first kappa shape index (κ1) is 16.2. The second-order valence-corrected chi connectivity index (χ2v) is 7.42. The molecule has 2 aliphatic rings. The molecule has 1 saturated carbocycles. The van der Waals surface area contributed by atoms with Gasteiger partial charge < -0.3 is 15.6 Å². The van der Waals surface area contributed by atoms with E-state index >= 15 is 0 Å². The predicted molar refractivity (Wildman–Crippen MR) is 90.2 cm³/mol. The van der Waals surface area contributed by atoms with Gasteiger partial charge in [0.25, 0.3) is 0 Å². The Morgan fingerprint density at radius 1 is 1.36 bits per heavy atom. The lowest BCUT2D eigenvalue weighted by Crippen LogP contribution is -2.13. The monoisotopic (exact) mass is 366 g/mol. The number of aromatic nitrogens is 4. The Bertz CT molecular complexity index is 936. The highest BCUT2D eigenvalue weighted by Gasteiger charge is 2.27. The van der Waals surface area contributed by atoms with Crippen molar-refractivity contribution in [2.75, 3.05) is 17.7 Å². The molecule has 0 unspecified atom stereocenters. The smallest absolute Gasteiger partial charge is 0.368 e. The molecule has 0 aliphatic heterocycles. The molecule has 2 aliphatic carbocycles. The lowest BCUT2D eigenvalue weighted by Gasteiger charge is -2.14. The average molecular weight is 366 g/mol. The van der Waals surface area contributed by atoms with Gasteiger partial charge in [-0.1, -0.05) is 12.2 Å². The van der Waals surface area contributed by atoms with E-state index in [9.17, 15) is 8.42 Å². The summed E-state index contributed by atoms with van der Waals surface area (Å²) in [6.45, 7) is -0.107. The predicted octanol–water partition coefficient (Wildman–Crippen LogP) is 0.919. The largest absolute Gasteiger partial charge is 0.397 e. The van der Waals surface area contributed by atoms with Gasteiger partial charge in [-0.05, 0) is 19.3 Å². The molecule has 0 bridgehead atoms. The zero-order valence-corrected chi connectivity index (χ0v) is 14.1. The highest BCUT2D eigenvalue weighted by Crippen LogP contribution is 2.33. The van der Waals surface area contributed by atoms with Crippen LogP contribution in [0.4, 0.5) is 11.8 Å². The summed E-state index contributed by atoms with van der Waals surface area (Å²) in [5.74, 6) is 0.676. The molecule has 2 aromatic heterocycles. The third kappa shape index (κ3) is 3.57. The lowest BCUT2D eigenvalue weighted by molar-refractivity contribution is 0.235. The molecule has 4 N–H and O–H groups in total. The van der Waals surface area contributed by atoms with Crippen molar-refractivity contribution in [3.8, 4) is 0 Å². The Balaban J connectivity index is 1.56. The maximum absolute atomic E-state index is 10.7. The minimum Gasteiger partial charge on any atom is -0.368 e. The van der Waals surface area contributed by atoms with Crippen molar-refractivity contribution < 1.29 is 17.2 Å². The van der Waals surface area contributed by atoms with Crippen molar-refractivity contribution >= 4 is 33.3 Å². The number of hydrogen-bond acceptors (Lipinski definition) is 8. The van der Waals surface area contributed by atoms with E-state index in [1.807, 2.05) is 16.7 Å². The number of hydrogen-bond donors (Lipinski definition) is 3. The normalized spacial score (nSPS) is 23.4. The fourth-order valence-corrected chi connectivity index (χ4v) is 3.30. The zero-order chi connectivity index (χ0) is 17.6. The van der Waals surface area contributed by atoms with Gasteiger partial charge in [0.2, 0.25) is 5.95 Å². The number of anilines is 2. The third-order valence-electron chi connectivity index (χ3n) is 4.29. The highest BCUT2D eigenvalue weighted by atomic mass is 32.3. The van der Waals surface area contributed by atoms with Gasteiger partial charge in [0.15, 0.2) is 17.0 Å². The molecule has 2 heterocycles. The molecule has 2 aromatic rings. The van der Waals surface area contributed by atoms with Crippen LogP contribution in [0, 0.1) is 5.92 Å². The van der Waals surface area contributed by atoms with E-state index in [-0.39, 0.29) is 24.5 Å². The van der Waals surface area contributed by atoms with Crippen LogP contribution in [0.3, 0.4) is 0 Å². The molecular formula is C14H18N6O4S.